The van der Waals surface area contributed by atoms with Crippen LogP contribution in [0.15, 0.2) is 95.9 Å². The number of para-hydroxylation sites is 2. The first-order chi connectivity index (χ1) is 14.4. The number of hydrogen-bond donors (Lipinski definition) is 1. The molecule has 1 unspecified atom stereocenters. The van der Waals surface area contributed by atoms with Crippen molar-refractivity contribution < 1.29 is 22.0 Å². The number of nitrogens with one attached hydrogen (secondary N) is 1. The largest absolute Gasteiger partial charge is 0.448 e. The van der Waals surface area contributed by atoms with Gasteiger partial charge in [-0.2, -0.15) is 4.72 Å². The molecule has 0 bridgehead atoms. The Morgan fingerprint density at radius 1 is 0.800 bits per heavy atom. The van der Waals surface area contributed by atoms with E-state index in [2.05, 4.69) is 4.72 Å². The average molecular weight is 445 g/mol. The molecule has 0 aliphatic carbocycles. The lowest BCUT2D eigenvalue weighted by atomic mass is 10.3. The van der Waals surface area contributed by atoms with E-state index in [0.717, 1.165) is 0 Å². The molecular formula is C22H24NO5PS. The molecule has 0 spiro atoms. The van der Waals surface area contributed by atoms with Crippen molar-refractivity contribution in [2.24, 2.45) is 0 Å². The van der Waals surface area contributed by atoms with Gasteiger partial charge in [-0.3, -0.25) is 0 Å². The zero-order valence-corrected chi connectivity index (χ0v) is 18.3. The predicted octanol–water partition coefficient (Wildman–Crippen LogP) is 5.44. The van der Waals surface area contributed by atoms with Gasteiger partial charge in [0.15, 0.2) is 0 Å². The summed E-state index contributed by atoms with van der Waals surface area (Å²) >= 11 is 0. The summed E-state index contributed by atoms with van der Waals surface area (Å²) < 4.78 is 54.0. The van der Waals surface area contributed by atoms with E-state index in [-0.39, 0.29) is 11.3 Å². The monoisotopic (exact) mass is 445 g/mol. The summed E-state index contributed by atoms with van der Waals surface area (Å²) in [5.74, 6) is -0.415. The summed E-state index contributed by atoms with van der Waals surface area (Å²) in [5.41, 5.74) is 0. The molecule has 0 saturated heterocycles. The van der Waals surface area contributed by atoms with Gasteiger partial charge in [0.2, 0.25) is 10.0 Å². The lowest BCUT2D eigenvalue weighted by Crippen LogP contribution is -2.37. The molecule has 3 rings (SSSR count). The van der Waals surface area contributed by atoms with Crippen LogP contribution in [0.25, 0.3) is 0 Å². The molecule has 0 fully saturated rings. The fraction of sp³-hybridized carbons (Fsp3) is 0.182. The van der Waals surface area contributed by atoms with E-state index in [1.807, 2.05) is 6.92 Å². The van der Waals surface area contributed by atoms with Crippen molar-refractivity contribution in [3.05, 3.63) is 91.0 Å². The van der Waals surface area contributed by atoms with Gasteiger partial charge < -0.3 is 9.05 Å². The van der Waals surface area contributed by atoms with Crippen molar-refractivity contribution in [1.82, 2.24) is 4.72 Å². The van der Waals surface area contributed by atoms with Crippen LogP contribution in [-0.4, -0.2) is 14.2 Å². The fourth-order valence-corrected chi connectivity index (χ4v) is 6.56. The maximum absolute atomic E-state index is 14.0. The molecule has 0 saturated carbocycles. The van der Waals surface area contributed by atoms with Crippen molar-refractivity contribution in [1.29, 1.82) is 0 Å². The van der Waals surface area contributed by atoms with Crippen LogP contribution in [0.2, 0.25) is 0 Å². The molecule has 1 N–H and O–H groups in total. The molecule has 0 heterocycles. The molecule has 6 nitrogen and oxygen atoms in total. The summed E-state index contributed by atoms with van der Waals surface area (Å²) in [7, 11) is -7.93. The molecular weight excluding hydrogens is 421 g/mol. The van der Waals surface area contributed by atoms with E-state index in [4.69, 9.17) is 9.05 Å². The van der Waals surface area contributed by atoms with Crippen LogP contribution in [0.5, 0.6) is 11.5 Å². The molecule has 0 aliphatic heterocycles. The quantitative estimate of drug-likeness (QED) is 0.420. The van der Waals surface area contributed by atoms with Gasteiger partial charge >= 0.3 is 7.60 Å². The number of sulfonamides is 1. The van der Waals surface area contributed by atoms with Crippen LogP contribution >= 0.6 is 7.60 Å². The van der Waals surface area contributed by atoms with E-state index < -0.39 is 23.4 Å². The van der Waals surface area contributed by atoms with E-state index >= 15 is 0 Å². The molecule has 0 aromatic heterocycles. The van der Waals surface area contributed by atoms with Crippen LogP contribution in [0.4, 0.5) is 0 Å². The van der Waals surface area contributed by atoms with E-state index in [9.17, 15) is 13.0 Å². The maximum Gasteiger partial charge on any atom is 0.448 e. The third-order valence-corrected chi connectivity index (χ3v) is 7.98. The maximum atomic E-state index is 14.0. The van der Waals surface area contributed by atoms with Crippen molar-refractivity contribution in [3.63, 3.8) is 0 Å². The topological polar surface area (TPSA) is 81.7 Å². The summed E-state index contributed by atoms with van der Waals surface area (Å²) in [6.45, 7) is 1.87. The second kappa shape index (κ2) is 9.94. The molecule has 8 heteroatoms. The molecule has 0 aliphatic rings. The number of hydrogen-bond acceptors (Lipinski definition) is 5. The van der Waals surface area contributed by atoms with Gasteiger partial charge in [0.05, 0.1) is 4.90 Å². The van der Waals surface area contributed by atoms with E-state index in [1.165, 1.54) is 12.1 Å². The highest BCUT2D eigenvalue weighted by Crippen LogP contribution is 2.53. The van der Waals surface area contributed by atoms with Gasteiger partial charge in [-0.25, -0.2) is 13.0 Å². The second-order valence-electron chi connectivity index (χ2n) is 6.59. The SMILES string of the molecule is CCCC(NS(=O)(=O)c1ccccc1)P(=O)(Oc1ccccc1)Oc1ccccc1. The molecule has 158 valence electrons. The summed E-state index contributed by atoms with van der Waals surface area (Å²) in [6, 6.07) is 25.1. The summed E-state index contributed by atoms with van der Waals surface area (Å²) in [6.07, 6.45) is 0.839. The number of benzene rings is 3. The minimum atomic E-state index is -4.00. The van der Waals surface area contributed by atoms with Gasteiger partial charge in [-0.05, 0) is 42.8 Å². The van der Waals surface area contributed by atoms with Crippen LogP contribution in [0.1, 0.15) is 19.8 Å². The molecule has 30 heavy (non-hydrogen) atoms. The fourth-order valence-electron chi connectivity index (χ4n) is 2.80. The lowest BCUT2D eigenvalue weighted by molar-refractivity contribution is 0.362. The summed E-state index contributed by atoms with van der Waals surface area (Å²) in [5, 5.41) is 0. The third kappa shape index (κ3) is 5.72. The highest BCUT2D eigenvalue weighted by Gasteiger charge is 2.41. The lowest BCUT2D eigenvalue weighted by Gasteiger charge is -2.28. The molecule has 0 radical (unpaired) electrons. The van der Waals surface area contributed by atoms with Gasteiger partial charge in [0.1, 0.15) is 17.3 Å². The Kier molecular flexibility index (Phi) is 7.32. The molecule has 3 aromatic carbocycles. The zero-order chi connectivity index (χ0) is 21.5. The Morgan fingerprint density at radius 2 is 1.23 bits per heavy atom. The van der Waals surface area contributed by atoms with Crippen LogP contribution in [0, 0.1) is 0 Å². The van der Waals surface area contributed by atoms with Crippen LogP contribution in [-0.2, 0) is 14.6 Å². The highest BCUT2D eigenvalue weighted by molar-refractivity contribution is 7.89. The Bertz CT molecular complexity index is 1030. The van der Waals surface area contributed by atoms with Crippen LogP contribution < -0.4 is 13.8 Å². The Labute approximate surface area is 177 Å². The third-order valence-electron chi connectivity index (χ3n) is 4.24. The van der Waals surface area contributed by atoms with Gasteiger partial charge in [-0.15, -0.1) is 0 Å². The van der Waals surface area contributed by atoms with Crippen molar-refractivity contribution in [2.45, 2.75) is 30.4 Å². The first-order valence-electron chi connectivity index (χ1n) is 9.59. The van der Waals surface area contributed by atoms with Crippen LogP contribution in [0.3, 0.4) is 0 Å². The van der Waals surface area contributed by atoms with Crippen molar-refractivity contribution >= 4 is 17.6 Å². The zero-order valence-electron chi connectivity index (χ0n) is 16.5. The summed E-state index contributed by atoms with van der Waals surface area (Å²) in [4.78, 5) is 0.0806. The molecule has 0 amide bonds. The van der Waals surface area contributed by atoms with E-state index in [1.54, 1.807) is 78.9 Å². The van der Waals surface area contributed by atoms with Crippen molar-refractivity contribution in [3.8, 4) is 11.5 Å². The minimum Gasteiger partial charge on any atom is -0.415 e. The Hall–Kier alpha value is -2.60. The van der Waals surface area contributed by atoms with E-state index in [0.29, 0.717) is 17.9 Å². The van der Waals surface area contributed by atoms with Crippen molar-refractivity contribution in [2.75, 3.05) is 0 Å². The molecule has 3 aromatic rings. The highest BCUT2D eigenvalue weighted by atomic mass is 32.2. The van der Waals surface area contributed by atoms with Gasteiger partial charge in [0.25, 0.3) is 0 Å². The smallest absolute Gasteiger partial charge is 0.415 e. The first-order valence-corrected chi connectivity index (χ1v) is 12.7. The molecule has 1 atom stereocenters. The second-order valence-corrected chi connectivity index (χ2v) is 10.4. The van der Waals surface area contributed by atoms with Gasteiger partial charge in [-0.1, -0.05) is 67.9 Å². The standard InChI is InChI=1S/C22H24NO5PS/c1-2-12-22(23-30(25,26)21-17-10-5-11-18-21)29(24,27-19-13-6-3-7-14-19)28-20-15-8-4-9-16-20/h3-11,13-18,22-23H,2,12H2,1H3. The Balaban J connectivity index is 1.98. The Morgan fingerprint density at radius 3 is 1.67 bits per heavy atom. The first kappa shape index (κ1) is 22.1. The number of rotatable bonds is 10. The minimum absolute atomic E-state index is 0.0806. The average Bonchev–Trinajstić information content (AvgIpc) is 2.75. The normalized spacial score (nSPS) is 12.8. The predicted molar refractivity (Wildman–Crippen MR) is 117 cm³/mol. The van der Waals surface area contributed by atoms with Gasteiger partial charge in [0, 0.05) is 0 Å².